The molecule has 1 aromatic heterocycles. The van der Waals surface area contributed by atoms with E-state index in [4.69, 9.17) is 4.11 Å². The van der Waals surface area contributed by atoms with Gasteiger partial charge in [-0.1, -0.05) is 57.8 Å². The summed E-state index contributed by atoms with van der Waals surface area (Å²) in [4.78, 5) is 4.58. The van der Waals surface area contributed by atoms with Gasteiger partial charge >= 0.3 is 0 Å². The molecule has 2 aromatic rings. The molecule has 1 saturated carbocycles. The van der Waals surface area contributed by atoms with Crippen molar-refractivity contribution in [1.82, 2.24) is 4.98 Å². The fraction of sp³-hybridized carbons (Fsp3) is 0.500. The molecule has 1 nitrogen and oxygen atoms in total. The van der Waals surface area contributed by atoms with Crippen LogP contribution in [-0.4, -0.2) is 13.1 Å². The Bertz CT molecular complexity index is 837. The predicted molar refractivity (Wildman–Crippen MR) is 108 cm³/mol. The average molecular weight is 359 g/mol. The van der Waals surface area contributed by atoms with Gasteiger partial charge in [0.1, 0.15) is 5.82 Å². The van der Waals surface area contributed by atoms with Crippen LogP contribution >= 0.6 is 0 Å². The maximum absolute atomic E-state index is 14.7. The van der Waals surface area contributed by atoms with Crippen molar-refractivity contribution in [2.75, 3.05) is 0 Å². The van der Waals surface area contributed by atoms with Gasteiger partial charge in [-0.3, -0.25) is 4.98 Å². The van der Waals surface area contributed by atoms with Crippen LogP contribution in [0.15, 0.2) is 30.5 Å². The molecule has 0 atom stereocenters. The smallest absolute Gasteiger partial charge is 0.132 e. The van der Waals surface area contributed by atoms with E-state index in [1.54, 1.807) is 6.07 Å². The lowest BCUT2D eigenvalue weighted by Gasteiger charge is -2.26. The first-order chi connectivity index (χ1) is 13.1. The molecule has 1 fully saturated rings. The molecule has 134 valence electrons. The van der Waals surface area contributed by atoms with Crippen molar-refractivity contribution in [3.8, 4) is 11.3 Å². The van der Waals surface area contributed by atoms with Crippen molar-refractivity contribution >= 4 is 13.3 Å². The molecule has 0 bridgehead atoms. The van der Waals surface area contributed by atoms with Crippen molar-refractivity contribution in [1.29, 1.82) is 0 Å². The highest BCUT2D eigenvalue weighted by atomic mass is 28.3. The summed E-state index contributed by atoms with van der Waals surface area (Å²) >= 11 is 0. The Balaban J connectivity index is 1.99. The molecule has 1 aromatic carbocycles. The third-order valence-corrected chi connectivity index (χ3v) is 7.34. The van der Waals surface area contributed by atoms with E-state index >= 15 is 0 Å². The van der Waals surface area contributed by atoms with Crippen LogP contribution in [0, 0.1) is 18.6 Å². The Morgan fingerprint density at radius 3 is 2.56 bits per heavy atom. The molecule has 0 spiro atoms. The number of pyridine rings is 1. The second kappa shape index (κ2) is 7.41. The summed E-state index contributed by atoms with van der Waals surface area (Å²) in [6.45, 7) is 4.65. The summed E-state index contributed by atoms with van der Waals surface area (Å²) in [5.74, 6) is 0.173. The zero-order valence-corrected chi connectivity index (χ0v) is 16.5. The third-order valence-electron chi connectivity index (χ3n) is 5.28. The van der Waals surface area contributed by atoms with E-state index in [1.165, 1.54) is 48.9 Å². The summed E-state index contributed by atoms with van der Waals surface area (Å²) in [7, 11) is -1.56. The molecular formula is C22H30FNSi. The fourth-order valence-electron chi connectivity index (χ4n) is 3.91. The topological polar surface area (TPSA) is 12.9 Å². The first-order valence-corrected chi connectivity index (χ1v) is 12.9. The van der Waals surface area contributed by atoms with E-state index in [0.29, 0.717) is 17.2 Å². The van der Waals surface area contributed by atoms with Crippen LogP contribution in [-0.2, 0) is 6.42 Å². The average Bonchev–Trinajstić information content (AvgIpc) is 2.60. The Morgan fingerprint density at radius 2 is 1.92 bits per heavy atom. The van der Waals surface area contributed by atoms with Crippen LogP contribution in [0.5, 0.6) is 0 Å². The van der Waals surface area contributed by atoms with Crippen LogP contribution < -0.4 is 5.19 Å². The van der Waals surface area contributed by atoms with Crippen LogP contribution in [0.2, 0.25) is 19.6 Å². The van der Waals surface area contributed by atoms with Gasteiger partial charge in [-0.2, -0.15) is 0 Å². The molecule has 1 aliphatic carbocycles. The lowest BCUT2D eigenvalue weighted by atomic mass is 9.85. The SMILES string of the molecule is [2H]C([2H])([2H])c1ccc(-c2cc(CC3CCCCC3)c([Si](C)(C)C)cn2)c(F)c1. The summed E-state index contributed by atoms with van der Waals surface area (Å²) in [6, 6.07) is 6.21. The Labute approximate surface area is 156 Å². The van der Waals surface area contributed by atoms with Crippen LogP contribution in [0.25, 0.3) is 11.3 Å². The van der Waals surface area contributed by atoms with Gasteiger partial charge in [-0.15, -0.1) is 0 Å². The van der Waals surface area contributed by atoms with Gasteiger partial charge in [-0.25, -0.2) is 4.39 Å². The lowest BCUT2D eigenvalue weighted by molar-refractivity contribution is 0.357. The molecule has 1 aliphatic rings. The third kappa shape index (κ3) is 4.38. The zero-order chi connectivity index (χ0) is 20.5. The molecule has 3 rings (SSSR count). The Hall–Kier alpha value is -1.48. The molecule has 0 saturated heterocycles. The Kier molecular flexibility index (Phi) is 4.34. The standard InChI is InChI=1S/C22H30FNSi/c1-16-10-11-19(20(23)12-16)21-14-18(13-17-8-6-5-7-9-17)22(15-24-21)25(2,3)4/h10-12,14-15,17H,5-9,13H2,1-4H3/i1D3. The number of aryl methyl sites for hydroxylation is 1. The molecule has 25 heavy (non-hydrogen) atoms. The molecule has 0 aliphatic heterocycles. The summed E-state index contributed by atoms with van der Waals surface area (Å²) in [5.41, 5.74) is 2.30. The number of hydrogen-bond acceptors (Lipinski definition) is 1. The minimum absolute atomic E-state index is 0.0231. The molecule has 0 radical (unpaired) electrons. The van der Waals surface area contributed by atoms with E-state index in [-0.39, 0.29) is 5.56 Å². The number of halogens is 1. The summed E-state index contributed by atoms with van der Waals surface area (Å²) in [6.07, 6.45) is 9.45. The number of benzene rings is 1. The second-order valence-electron chi connectivity index (χ2n) is 8.38. The van der Waals surface area contributed by atoms with Crippen LogP contribution in [0.1, 0.15) is 47.3 Å². The predicted octanol–water partition coefficient (Wildman–Crippen LogP) is 5.86. The van der Waals surface area contributed by atoms with Crippen molar-refractivity contribution in [3.05, 3.63) is 47.4 Å². The van der Waals surface area contributed by atoms with Gasteiger partial charge in [-0.05, 0) is 53.7 Å². The van der Waals surface area contributed by atoms with Gasteiger partial charge in [0, 0.05) is 15.9 Å². The van der Waals surface area contributed by atoms with E-state index in [9.17, 15) is 4.39 Å². The molecule has 3 heteroatoms. The van der Waals surface area contributed by atoms with Gasteiger partial charge in [0.2, 0.25) is 0 Å². The minimum atomic E-state index is -2.30. The zero-order valence-electron chi connectivity index (χ0n) is 18.5. The van der Waals surface area contributed by atoms with Gasteiger partial charge in [0.15, 0.2) is 0 Å². The highest BCUT2D eigenvalue weighted by molar-refractivity contribution is 6.89. The molecule has 1 heterocycles. The van der Waals surface area contributed by atoms with E-state index in [0.717, 1.165) is 12.5 Å². The Morgan fingerprint density at radius 1 is 1.16 bits per heavy atom. The van der Waals surface area contributed by atoms with Crippen molar-refractivity contribution in [3.63, 3.8) is 0 Å². The number of rotatable bonds is 4. The van der Waals surface area contributed by atoms with Gasteiger partial charge < -0.3 is 0 Å². The van der Waals surface area contributed by atoms with Gasteiger partial charge in [0.05, 0.1) is 13.8 Å². The number of hydrogen-bond donors (Lipinski definition) is 0. The fourth-order valence-corrected chi connectivity index (χ4v) is 5.50. The second-order valence-corrected chi connectivity index (χ2v) is 13.4. The van der Waals surface area contributed by atoms with Crippen LogP contribution in [0.4, 0.5) is 4.39 Å². The van der Waals surface area contributed by atoms with E-state index < -0.39 is 20.7 Å². The monoisotopic (exact) mass is 358 g/mol. The quantitative estimate of drug-likeness (QED) is 0.623. The molecule has 0 N–H and O–H groups in total. The van der Waals surface area contributed by atoms with Gasteiger partial charge in [0.25, 0.3) is 0 Å². The van der Waals surface area contributed by atoms with E-state index in [1.807, 2.05) is 6.20 Å². The largest absolute Gasteiger partial charge is 0.256 e. The molecule has 0 amide bonds. The molecular weight excluding hydrogens is 325 g/mol. The van der Waals surface area contributed by atoms with Crippen molar-refractivity contribution in [2.45, 2.75) is 65.0 Å². The first kappa shape index (κ1) is 14.7. The maximum Gasteiger partial charge on any atom is 0.132 e. The first-order valence-electron chi connectivity index (χ1n) is 10.9. The molecule has 0 unspecified atom stereocenters. The number of aromatic nitrogens is 1. The highest BCUT2D eigenvalue weighted by Crippen LogP contribution is 2.29. The maximum atomic E-state index is 14.7. The van der Waals surface area contributed by atoms with Crippen molar-refractivity contribution < 1.29 is 8.50 Å². The van der Waals surface area contributed by atoms with E-state index in [2.05, 4.69) is 30.7 Å². The summed E-state index contributed by atoms with van der Waals surface area (Å²) < 4.78 is 37.1. The normalized spacial score (nSPS) is 18.5. The summed E-state index contributed by atoms with van der Waals surface area (Å²) in [5, 5.41) is 1.35. The van der Waals surface area contributed by atoms with Crippen molar-refractivity contribution in [2.24, 2.45) is 5.92 Å². The minimum Gasteiger partial charge on any atom is -0.256 e. The number of nitrogens with zero attached hydrogens (tertiary/aromatic N) is 1. The lowest BCUT2D eigenvalue weighted by Crippen LogP contribution is -2.41. The van der Waals surface area contributed by atoms with Crippen LogP contribution in [0.3, 0.4) is 0 Å². The highest BCUT2D eigenvalue weighted by Gasteiger charge is 2.24.